The van der Waals surface area contributed by atoms with Crippen LogP contribution in [0.4, 0.5) is 0 Å². The summed E-state index contributed by atoms with van der Waals surface area (Å²) in [7, 11) is 1.69. The van der Waals surface area contributed by atoms with Gasteiger partial charge in [-0.15, -0.1) is 0 Å². The molecule has 100 valence electrons. The lowest BCUT2D eigenvalue weighted by Gasteiger charge is -2.12. The summed E-state index contributed by atoms with van der Waals surface area (Å²) in [6.45, 7) is 0.0625. The van der Waals surface area contributed by atoms with Gasteiger partial charge in [0.05, 0.1) is 13.7 Å². The summed E-state index contributed by atoms with van der Waals surface area (Å²) in [6, 6.07) is 20.3. The Morgan fingerprint density at radius 3 is 2.35 bits per heavy atom. The van der Waals surface area contributed by atoms with E-state index in [1.807, 2.05) is 42.5 Å². The van der Waals surface area contributed by atoms with Crippen molar-refractivity contribution in [2.24, 2.45) is 0 Å². The molecular formula is C18H16O2. The highest BCUT2D eigenvalue weighted by molar-refractivity contribution is 5.99. The Morgan fingerprint density at radius 2 is 1.65 bits per heavy atom. The molecule has 0 fully saturated rings. The van der Waals surface area contributed by atoms with E-state index in [2.05, 4.69) is 18.2 Å². The number of hydrogen-bond donors (Lipinski definition) is 1. The number of hydrogen-bond acceptors (Lipinski definition) is 2. The normalized spacial score (nSPS) is 10.7. The van der Waals surface area contributed by atoms with Crippen LogP contribution in [0.1, 0.15) is 5.56 Å². The molecule has 0 heterocycles. The lowest BCUT2D eigenvalue weighted by Crippen LogP contribution is -1.90. The fourth-order valence-corrected chi connectivity index (χ4v) is 2.50. The molecule has 3 aromatic carbocycles. The Hall–Kier alpha value is -2.32. The standard InChI is InChI=1S/C18H16O2/c1-20-17-11-10-14-4-2-3-5-16(14)18(17)15-8-6-13(12-19)7-9-15/h2-11,19H,12H2,1H3. The van der Waals surface area contributed by atoms with Crippen molar-refractivity contribution in [3.05, 3.63) is 66.2 Å². The largest absolute Gasteiger partial charge is 0.496 e. The second kappa shape index (κ2) is 5.35. The molecule has 20 heavy (non-hydrogen) atoms. The van der Waals surface area contributed by atoms with Gasteiger partial charge in [0.15, 0.2) is 0 Å². The predicted octanol–water partition coefficient (Wildman–Crippen LogP) is 4.01. The van der Waals surface area contributed by atoms with Crippen LogP contribution >= 0.6 is 0 Å². The van der Waals surface area contributed by atoms with E-state index in [0.717, 1.165) is 22.4 Å². The zero-order chi connectivity index (χ0) is 13.9. The summed E-state index contributed by atoms with van der Waals surface area (Å²) < 4.78 is 5.52. The SMILES string of the molecule is COc1ccc2ccccc2c1-c1ccc(CO)cc1. The third kappa shape index (κ3) is 2.15. The summed E-state index contributed by atoms with van der Waals surface area (Å²) in [5.74, 6) is 0.862. The fourth-order valence-electron chi connectivity index (χ4n) is 2.50. The second-order valence-corrected chi connectivity index (χ2v) is 4.72. The van der Waals surface area contributed by atoms with E-state index >= 15 is 0 Å². The fraction of sp³-hybridized carbons (Fsp3) is 0.111. The third-order valence-electron chi connectivity index (χ3n) is 3.54. The minimum absolute atomic E-state index is 0.0625. The Morgan fingerprint density at radius 1 is 0.900 bits per heavy atom. The van der Waals surface area contributed by atoms with Crippen LogP contribution in [0, 0.1) is 0 Å². The van der Waals surface area contributed by atoms with E-state index in [0.29, 0.717) is 0 Å². The van der Waals surface area contributed by atoms with Crippen molar-refractivity contribution in [3.63, 3.8) is 0 Å². The van der Waals surface area contributed by atoms with Crippen molar-refractivity contribution in [3.8, 4) is 16.9 Å². The number of ether oxygens (including phenoxy) is 1. The molecule has 3 aromatic rings. The van der Waals surface area contributed by atoms with Crippen molar-refractivity contribution in [1.29, 1.82) is 0 Å². The van der Waals surface area contributed by atoms with Crippen LogP contribution in [-0.2, 0) is 6.61 Å². The molecule has 2 heteroatoms. The van der Waals surface area contributed by atoms with E-state index < -0.39 is 0 Å². The van der Waals surface area contributed by atoms with Gasteiger partial charge in [-0.2, -0.15) is 0 Å². The summed E-state index contributed by atoms with van der Waals surface area (Å²) in [5.41, 5.74) is 3.10. The molecule has 0 radical (unpaired) electrons. The average Bonchev–Trinajstić information content (AvgIpc) is 2.54. The van der Waals surface area contributed by atoms with E-state index in [9.17, 15) is 0 Å². The van der Waals surface area contributed by atoms with Gasteiger partial charge in [-0.25, -0.2) is 0 Å². The zero-order valence-electron chi connectivity index (χ0n) is 11.3. The van der Waals surface area contributed by atoms with Gasteiger partial charge >= 0.3 is 0 Å². The molecule has 0 aliphatic carbocycles. The number of methoxy groups -OCH3 is 1. The van der Waals surface area contributed by atoms with E-state index in [-0.39, 0.29) is 6.61 Å². The predicted molar refractivity (Wildman–Crippen MR) is 81.9 cm³/mol. The molecule has 0 unspecified atom stereocenters. The smallest absolute Gasteiger partial charge is 0.127 e. The molecule has 0 aliphatic rings. The van der Waals surface area contributed by atoms with E-state index in [1.165, 1.54) is 10.8 Å². The topological polar surface area (TPSA) is 29.5 Å². The van der Waals surface area contributed by atoms with Crippen molar-refractivity contribution < 1.29 is 9.84 Å². The molecule has 1 N–H and O–H groups in total. The van der Waals surface area contributed by atoms with E-state index in [1.54, 1.807) is 7.11 Å². The minimum atomic E-state index is 0.0625. The summed E-state index contributed by atoms with van der Waals surface area (Å²) in [6.07, 6.45) is 0. The molecule has 0 saturated heterocycles. The number of benzene rings is 3. The second-order valence-electron chi connectivity index (χ2n) is 4.72. The zero-order valence-corrected chi connectivity index (χ0v) is 11.3. The van der Waals surface area contributed by atoms with Crippen LogP contribution in [0.25, 0.3) is 21.9 Å². The Labute approximate surface area is 118 Å². The van der Waals surface area contributed by atoms with Gasteiger partial charge in [0.1, 0.15) is 5.75 Å². The average molecular weight is 264 g/mol. The lowest BCUT2D eigenvalue weighted by molar-refractivity contribution is 0.282. The first kappa shape index (κ1) is 12.7. The van der Waals surface area contributed by atoms with Crippen LogP contribution < -0.4 is 4.74 Å². The summed E-state index contributed by atoms with van der Waals surface area (Å²) >= 11 is 0. The molecule has 0 atom stereocenters. The molecule has 0 bridgehead atoms. The molecule has 0 saturated carbocycles. The highest BCUT2D eigenvalue weighted by Crippen LogP contribution is 2.36. The van der Waals surface area contributed by atoms with Crippen molar-refractivity contribution in [1.82, 2.24) is 0 Å². The molecule has 2 nitrogen and oxygen atoms in total. The van der Waals surface area contributed by atoms with Gasteiger partial charge in [0.2, 0.25) is 0 Å². The first-order valence-corrected chi connectivity index (χ1v) is 6.59. The lowest BCUT2D eigenvalue weighted by atomic mass is 9.96. The van der Waals surface area contributed by atoms with Crippen LogP contribution in [0.15, 0.2) is 60.7 Å². The van der Waals surface area contributed by atoms with Crippen LogP contribution in [0.3, 0.4) is 0 Å². The van der Waals surface area contributed by atoms with Crippen molar-refractivity contribution in [2.75, 3.05) is 7.11 Å². The molecule has 0 aromatic heterocycles. The van der Waals surface area contributed by atoms with Gasteiger partial charge in [0, 0.05) is 5.56 Å². The summed E-state index contributed by atoms with van der Waals surface area (Å²) in [5, 5.41) is 11.5. The first-order valence-electron chi connectivity index (χ1n) is 6.59. The molecule has 0 amide bonds. The Kier molecular flexibility index (Phi) is 3.40. The minimum Gasteiger partial charge on any atom is -0.496 e. The van der Waals surface area contributed by atoms with Crippen molar-refractivity contribution >= 4 is 10.8 Å². The molecule has 0 spiro atoms. The van der Waals surface area contributed by atoms with Crippen molar-refractivity contribution in [2.45, 2.75) is 6.61 Å². The molecule has 3 rings (SSSR count). The molecule has 0 aliphatic heterocycles. The highest BCUT2D eigenvalue weighted by atomic mass is 16.5. The monoisotopic (exact) mass is 264 g/mol. The van der Waals surface area contributed by atoms with Gasteiger partial charge in [-0.3, -0.25) is 0 Å². The summed E-state index contributed by atoms with van der Waals surface area (Å²) in [4.78, 5) is 0. The number of rotatable bonds is 3. The maximum Gasteiger partial charge on any atom is 0.127 e. The van der Waals surface area contributed by atoms with Crippen LogP contribution in [-0.4, -0.2) is 12.2 Å². The maximum atomic E-state index is 9.15. The van der Waals surface area contributed by atoms with Gasteiger partial charge < -0.3 is 9.84 Å². The quantitative estimate of drug-likeness (QED) is 0.774. The highest BCUT2D eigenvalue weighted by Gasteiger charge is 2.10. The Balaban J connectivity index is 2.26. The van der Waals surface area contributed by atoms with Gasteiger partial charge in [-0.05, 0) is 28.0 Å². The number of aliphatic hydroxyl groups is 1. The number of fused-ring (bicyclic) bond motifs is 1. The van der Waals surface area contributed by atoms with Crippen LogP contribution in [0.5, 0.6) is 5.75 Å². The van der Waals surface area contributed by atoms with Crippen LogP contribution in [0.2, 0.25) is 0 Å². The third-order valence-corrected chi connectivity index (χ3v) is 3.54. The Bertz CT molecular complexity index is 730. The first-order chi connectivity index (χ1) is 9.83. The maximum absolute atomic E-state index is 9.15. The number of aliphatic hydroxyl groups excluding tert-OH is 1. The van der Waals surface area contributed by atoms with Gasteiger partial charge in [0.25, 0.3) is 0 Å². The van der Waals surface area contributed by atoms with E-state index in [4.69, 9.17) is 9.84 Å². The molecular weight excluding hydrogens is 248 g/mol. The van der Waals surface area contributed by atoms with Gasteiger partial charge in [-0.1, -0.05) is 54.6 Å².